The van der Waals surface area contributed by atoms with Gasteiger partial charge in [0.15, 0.2) is 0 Å². The highest BCUT2D eigenvalue weighted by atomic mass is 127. The zero-order chi connectivity index (χ0) is 11.4. The van der Waals surface area contributed by atoms with Crippen LogP contribution in [0.4, 0.5) is 0 Å². The number of hydrogen-bond acceptors (Lipinski definition) is 4. The first-order chi connectivity index (χ1) is 7.15. The molecule has 0 aliphatic heterocycles. The summed E-state index contributed by atoms with van der Waals surface area (Å²) in [7, 11) is 2.78. The van der Waals surface area contributed by atoms with Crippen LogP contribution in [0, 0.1) is 14.9 Å². The number of carbonyl (C=O) groups excluding carboxylic acids is 1. The lowest BCUT2D eigenvalue weighted by Crippen LogP contribution is -2.08. The first-order valence-electron chi connectivity index (χ1n) is 4.00. The highest BCUT2D eigenvalue weighted by Crippen LogP contribution is 2.27. The summed E-state index contributed by atoms with van der Waals surface area (Å²) in [6.07, 6.45) is 0. The molecule has 0 aliphatic rings. The zero-order valence-corrected chi connectivity index (χ0v) is 10.4. The van der Waals surface area contributed by atoms with E-state index in [1.807, 2.05) is 28.7 Å². The Bertz CT molecular complexity index is 437. The molecule has 0 saturated heterocycles. The summed E-state index contributed by atoms with van der Waals surface area (Å²) >= 11 is 1.95. The van der Waals surface area contributed by atoms with Crippen molar-refractivity contribution in [1.29, 1.82) is 5.26 Å². The number of methoxy groups -OCH3 is 2. The molecular weight excluding hydrogens is 309 g/mol. The molecule has 0 saturated carbocycles. The Morgan fingerprint density at radius 2 is 2.13 bits per heavy atom. The van der Waals surface area contributed by atoms with E-state index in [1.165, 1.54) is 20.3 Å². The average molecular weight is 317 g/mol. The smallest absolute Gasteiger partial charge is 0.340 e. The molecule has 0 heterocycles. The van der Waals surface area contributed by atoms with Crippen molar-refractivity contribution in [3.8, 4) is 11.8 Å². The molecule has 0 spiro atoms. The second-order valence-electron chi connectivity index (χ2n) is 2.61. The molecule has 0 atom stereocenters. The van der Waals surface area contributed by atoms with Crippen LogP contribution in [0.1, 0.15) is 15.9 Å². The van der Waals surface area contributed by atoms with E-state index in [9.17, 15) is 4.79 Å². The van der Waals surface area contributed by atoms with Gasteiger partial charge >= 0.3 is 5.97 Å². The quantitative estimate of drug-likeness (QED) is 0.618. The summed E-state index contributed by atoms with van der Waals surface area (Å²) in [5, 5.41) is 8.85. The van der Waals surface area contributed by atoms with Crippen LogP contribution >= 0.6 is 22.6 Å². The third-order valence-corrected chi connectivity index (χ3v) is 2.91. The Labute approximate surface area is 101 Å². The van der Waals surface area contributed by atoms with Crippen molar-refractivity contribution in [2.75, 3.05) is 14.2 Å². The van der Waals surface area contributed by atoms with Gasteiger partial charge in [-0.05, 0) is 34.7 Å². The Hall–Kier alpha value is -1.29. The molecule has 0 unspecified atom stereocenters. The lowest BCUT2D eigenvalue weighted by atomic mass is 10.1. The molecule has 1 aromatic rings. The maximum atomic E-state index is 11.4. The van der Waals surface area contributed by atoms with Gasteiger partial charge in [-0.1, -0.05) is 0 Å². The maximum absolute atomic E-state index is 11.4. The fraction of sp³-hybridized carbons (Fsp3) is 0.200. The Balaban J connectivity index is 3.44. The van der Waals surface area contributed by atoms with Crippen LogP contribution in [0.5, 0.6) is 5.75 Å². The van der Waals surface area contributed by atoms with Crippen LogP contribution in [-0.2, 0) is 4.74 Å². The average Bonchev–Trinajstić information content (AvgIpc) is 2.27. The fourth-order valence-electron chi connectivity index (χ4n) is 1.11. The molecule has 5 heteroatoms. The standard InChI is InChI=1S/C10H8INO3/c1-14-7-4-3-6(5-12)8(9(7)11)10(13)15-2/h3-4H,1-2H3. The molecule has 78 valence electrons. The van der Waals surface area contributed by atoms with E-state index in [-0.39, 0.29) is 11.1 Å². The number of esters is 1. The van der Waals surface area contributed by atoms with E-state index in [4.69, 9.17) is 10.00 Å². The fourth-order valence-corrected chi connectivity index (χ4v) is 2.02. The van der Waals surface area contributed by atoms with Crippen LogP contribution in [0.3, 0.4) is 0 Å². The Kier molecular flexibility index (Phi) is 3.91. The minimum Gasteiger partial charge on any atom is -0.496 e. The second kappa shape index (κ2) is 4.98. The van der Waals surface area contributed by atoms with Gasteiger partial charge in [-0.3, -0.25) is 0 Å². The number of hydrogen-bond donors (Lipinski definition) is 0. The summed E-state index contributed by atoms with van der Waals surface area (Å²) in [6.45, 7) is 0. The molecule has 0 fully saturated rings. The normalized spacial score (nSPS) is 9.20. The van der Waals surface area contributed by atoms with Crippen molar-refractivity contribution in [3.63, 3.8) is 0 Å². The molecule has 0 amide bonds. The van der Waals surface area contributed by atoms with Crippen LogP contribution in [0.25, 0.3) is 0 Å². The van der Waals surface area contributed by atoms with Crippen LogP contribution in [-0.4, -0.2) is 20.2 Å². The number of nitriles is 1. The Morgan fingerprint density at radius 3 is 2.60 bits per heavy atom. The maximum Gasteiger partial charge on any atom is 0.340 e. The van der Waals surface area contributed by atoms with Gasteiger partial charge in [-0.25, -0.2) is 4.79 Å². The molecule has 0 aromatic heterocycles. The number of carbonyl (C=O) groups is 1. The van der Waals surface area contributed by atoms with Gasteiger partial charge in [0.2, 0.25) is 0 Å². The topological polar surface area (TPSA) is 59.3 Å². The van der Waals surface area contributed by atoms with Gasteiger partial charge in [0, 0.05) is 0 Å². The SMILES string of the molecule is COC(=O)c1c(C#N)ccc(OC)c1I. The van der Waals surface area contributed by atoms with Gasteiger partial charge in [-0.15, -0.1) is 0 Å². The van der Waals surface area contributed by atoms with Gasteiger partial charge in [-0.2, -0.15) is 5.26 Å². The van der Waals surface area contributed by atoms with Crippen LogP contribution < -0.4 is 4.74 Å². The lowest BCUT2D eigenvalue weighted by Gasteiger charge is -2.08. The summed E-state index contributed by atoms with van der Waals surface area (Å²) in [5.74, 6) is 0.0184. The summed E-state index contributed by atoms with van der Waals surface area (Å²) in [6, 6.07) is 5.12. The lowest BCUT2D eigenvalue weighted by molar-refractivity contribution is 0.0598. The van der Waals surface area contributed by atoms with E-state index in [0.29, 0.717) is 9.32 Å². The van der Waals surface area contributed by atoms with Crippen molar-refractivity contribution >= 4 is 28.6 Å². The first kappa shape index (κ1) is 11.8. The number of rotatable bonds is 2. The van der Waals surface area contributed by atoms with Crippen molar-refractivity contribution in [3.05, 3.63) is 26.8 Å². The monoisotopic (exact) mass is 317 g/mol. The number of benzene rings is 1. The molecule has 1 aromatic carbocycles. The van der Waals surface area contributed by atoms with Gasteiger partial charge in [0.25, 0.3) is 0 Å². The van der Waals surface area contributed by atoms with E-state index in [1.54, 1.807) is 6.07 Å². The number of nitrogens with zero attached hydrogens (tertiary/aromatic N) is 1. The molecule has 15 heavy (non-hydrogen) atoms. The minimum atomic E-state index is -0.533. The molecular formula is C10H8INO3. The molecule has 0 aliphatic carbocycles. The molecule has 1 rings (SSSR count). The largest absolute Gasteiger partial charge is 0.496 e. The first-order valence-corrected chi connectivity index (χ1v) is 5.08. The summed E-state index contributed by atoms with van der Waals surface area (Å²) in [5.41, 5.74) is 0.534. The van der Waals surface area contributed by atoms with Crippen molar-refractivity contribution < 1.29 is 14.3 Å². The minimum absolute atomic E-state index is 0.250. The zero-order valence-electron chi connectivity index (χ0n) is 8.20. The van der Waals surface area contributed by atoms with Gasteiger partial charge < -0.3 is 9.47 Å². The Morgan fingerprint density at radius 1 is 1.47 bits per heavy atom. The van der Waals surface area contributed by atoms with E-state index >= 15 is 0 Å². The summed E-state index contributed by atoms with van der Waals surface area (Å²) in [4.78, 5) is 11.4. The second-order valence-corrected chi connectivity index (χ2v) is 3.69. The van der Waals surface area contributed by atoms with Crippen LogP contribution in [0.15, 0.2) is 12.1 Å². The third kappa shape index (κ3) is 2.21. The van der Waals surface area contributed by atoms with E-state index < -0.39 is 5.97 Å². The van der Waals surface area contributed by atoms with E-state index in [2.05, 4.69) is 4.74 Å². The summed E-state index contributed by atoms with van der Waals surface area (Å²) < 4.78 is 10.2. The molecule has 0 bridgehead atoms. The van der Waals surface area contributed by atoms with Gasteiger partial charge in [0.05, 0.1) is 28.9 Å². The predicted octanol–water partition coefficient (Wildman–Crippen LogP) is 1.96. The van der Waals surface area contributed by atoms with Crippen molar-refractivity contribution in [2.45, 2.75) is 0 Å². The van der Waals surface area contributed by atoms with Crippen molar-refractivity contribution in [2.24, 2.45) is 0 Å². The van der Waals surface area contributed by atoms with E-state index in [0.717, 1.165) is 0 Å². The molecule has 0 radical (unpaired) electrons. The highest BCUT2D eigenvalue weighted by Gasteiger charge is 2.19. The predicted molar refractivity (Wildman–Crippen MR) is 61.8 cm³/mol. The highest BCUT2D eigenvalue weighted by molar-refractivity contribution is 14.1. The molecule has 4 nitrogen and oxygen atoms in total. The van der Waals surface area contributed by atoms with Crippen LogP contribution in [0.2, 0.25) is 0 Å². The third-order valence-electron chi connectivity index (χ3n) is 1.84. The number of halogens is 1. The van der Waals surface area contributed by atoms with Crippen molar-refractivity contribution in [1.82, 2.24) is 0 Å². The van der Waals surface area contributed by atoms with Gasteiger partial charge in [0.1, 0.15) is 11.8 Å². The number of ether oxygens (including phenoxy) is 2. The molecule has 0 N–H and O–H groups in total.